The summed E-state index contributed by atoms with van der Waals surface area (Å²) in [5.74, 6) is 0.883. The predicted octanol–water partition coefficient (Wildman–Crippen LogP) is 4.22. The fourth-order valence-corrected chi connectivity index (χ4v) is 3.65. The van der Waals surface area contributed by atoms with E-state index in [1.165, 1.54) is 14.2 Å². The second-order valence-electron chi connectivity index (χ2n) is 4.31. The first-order chi connectivity index (χ1) is 11.5. The van der Waals surface area contributed by atoms with Gasteiger partial charge in [0.1, 0.15) is 10.1 Å². The Labute approximate surface area is 152 Å². The van der Waals surface area contributed by atoms with Crippen molar-refractivity contribution in [1.29, 1.82) is 0 Å². The molecule has 0 unspecified atom stereocenters. The Balaban J connectivity index is 2.34. The Bertz CT molecular complexity index is 733. The molecule has 1 aromatic rings. The van der Waals surface area contributed by atoms with Crippen molar-refractivity contribution in [3.63, 3.8) is 0 Å². The van der Waals surface area contributed by atoms with E-state index in [9.17, 15) is 9.59 Å². The second kappa shape index (κ2) is 8.46. The van der Waals surface area contributed by atoms with Crippen molar-refractivity contribution in [2.45, 2.75) is 6.92 Å². The highest BCUT2D eigenvalue weighted by Crippen LogP contribution is 2.38. The molecule has 1 aliphatic heterocycles. The van der Waals surface area contributed by atoms with E-state index in [1.807, 2.05) is 0 Å². The molecule has 0 amide bonds. The molecule has 0 atom stereocenters. The van der Waals surface area contributed by atoms with Crippen LogP contribution in [0.5, 0.6) is 11.5 Å². The summed E-state index contributed by atoms with van der Waals surface area (Å²) in [6.07, 6.45) is 1.54. The average molecular weight is 388 g/mol. The maximum absolute atomic E-state index is 12.1. The van der Waals surface area contributed by atoms with E-state index >= 15 is 0 Å². The molecule has 2 rings (SSSR count). The van der Waals surface area contributed by atoms with Crippen molar-refractivity contribution in [2.75, 3.05) is 20.8 Å². The molecule has 0 saturated heterocycles. The summed E-state index contributed by atoms with van der Waals surface area (Å²) in [6.45, 7) is 1.97. The highest BCUT2D eigenvalue weighted by molar-refractivity contribution is 8.49. The number of halogens is 1. The first kappa shape index (κ1) is 18.7. The van der Waals surface area contributed by atoms with E-state index in [0.29, 0.717) is 26.5 Å². The Morgan fingerprint density at radius 2 is 2.12 bits per heavy atom. The van der Waals surface area contributed by atoms with Crippen LogP contribution in [0, 0.1) is 0 Å². The summed E-state index contributed by atoms with van der Waals surface area (Å²) in [7, 11) is 2.98. The fraction of sp³-hybridized carbons (Fsp3) is 0.267. The van der Waals surface area contributed by atoms with Crippen LogP contribution in [0.4, 0.5) is 4.79 Å². The van der Waals surface area contributed by atoms with Crippen molar-refractivity contribution < 1.29 is 23.8 Å². The van der Waals surface area contributed by atoms with Crippen LogP contribution in [0.2, 0.25) is 5.02 Å². The molecular formula is C15H14ClNO5S2. The van der Waals surface area contributed by atoms with Gasteiger partial charge in [-0.2, -0.15) is 0 Å². The number of nitrogens with zero attached hydrogens (tertiary/aromatic N) is 1. The van der Waals surface area contributed by atoms with Crippen LogP contribution in [0.1, 0.15) is 12.5 Å². The molecule has 1 aliphatic rings. The summed E-state index contributed by atoms with van der Waals surface area (Å²) in [5.41, 5.74) is 0.742. The van der Waals surface area contributed by atoms with Crippen molar-refractivity contribution in [2.24, 2.45) is 4.99 Å². The molecule has 128 valence electrons. The lowest BCUT2D eigenvalue weighted by molar-refractivity contribution is -0.107. The quantitative estimate of drug-likeness (QED) is 0.565. The fourth-order valence-electron chi connectivity index (χ4n) is 1.87. The maximum atomic E-state index is 12.1. The number of benzene rings is 1. The van der Waals surface area contributed by atoms with Crippen LogP contribution in [0.3, 0.4) is 0 Å². The van der Waals surface area contributed by atoms with Crippen LogP contribution in [-0.2, 0) is 9.53 Å². The molecule has 9 heteroatoms. The zero-order valence-corrected chi connectivity index (χ0v) is 15.5. The first-order valence-electron chi connectivity index (χ1n) is 6.77. The van der Waals surface area contributed by atoms with Gasteiger partial charge in [0.05, 0.1) is 20.8 Å². The van der Waals surface area contributed by atoms with Gasteiger partial charge in [-0.15, -0.1) is 0 Å². The molecule has 0 aliphatic carbocycles. The zero-order chi connectivity index (χ0) is 17.7. The summed E-state index contributed by atoms with van der Waals surface area (Å²) >= 11 is 7.71. The van der Waals surface area contributed by atoms with Crippen molar-refractivity contribution in [3.8, 4) is 11.5 Å². The third-order valence-electron chi connectivity index (χ3n) is 2.80. The van der Waals surface area contributed by atoms with Gasteiger partial charge in [-0.1, -0.05) is 11.6 Å². The number of rotatable bonds is 4. The van der Waals surface area contributed by atoms with E-state index in [1.54, 1.807) is 25.1 Å². The number of thioether (sulfide) groups is 2. The van der Waals surface area contributed by atoms with Gasteiger partial charge in [-0.3, -0.25) is 4.79 Å². The lowest BCUT2D eigenvalue weighted by Crippen LogP contribution is -1.98. The van der Waals surface area contributed by atoms with E-state index < -0.39 is 5.30 Å². The van der Waals surface area contributed by atoms with Gasteiger partial charge in [0.2, 0.25) is 5.12 Å². The van der Waals surface area contributed by atoms with E-state index in [2.05, 4.69) is 4.99 Å². The minimum atomic E-state index is -0.500. The number of methoxy groups -OCH3 is 2. The molecular weight excluding hydrogens is 374 g/mol. The monoisotopic (exact) mass is 387 g/mol. The van der Waals surface area contributed by atoms with Crippen molar-refractivity contribution in [3.05, 3.63) is 28.4 Å². The number of carbonyl (C=O) groups is 2. The van der Waals surface area contributed by atoms with Gasteiger partial charge in [0.15, 0.2) is 11.5 Å². The SMILES string of the molecule is CCOC(=O)SC1=NC(=Cc2cc(Cl)cc(OC)c2OC)C(=O)S1. The van der Waals surface area contributed by atoms with Crippen LogP contribution in [-0.4, -0.2) is 35.6 Å². The third kappa shape index (κ3) is 4.46. The van der Waals surface area contributed by atoms with Gasteiger partial charge >= 0.3 is 5.30 Å². The van der Waals surface area contributed by atoms with Crippen LogP contribution in [0.25, 0.3) is 6.08 Å². The van der Waals surface area contributed by atoms with Crippen molar-refractivity contribution >= 4 is 56.0 Å². The molecule has 6 nitrogen and oxygen atoms in total. The normalized spacial score (nSPS) is 15.4. The lowest BCUT2D eigenvalue weighted by Gasteiger charge is -2.11. The second-order valence-corrected chi connectivity index (χ2v) is 6.89. The van der Waals surface area contributed by atoms with Gasteiger partial charge in [0, 0.05) is 28.4 Å². The standard InChI is InChI=1S/C15H14ClNO5S2/c1-4-22-15(19)24-14-17-10(13(18)23-14)6-8-5-9(16)7-11(20-2)12(8)21-3/h5-7H,4H2,1-3H3. The summed E-state index contributed by atoms with van der Waals surface area (Å²) in [4.78, 5) is 27.7. The molecule has 0 N–H and O–H groups in total. The largest absolute Gasteiger partial charge is 0.493 e. The van der Waals surface area contributed by atoms with E-state index in [0.717, 1.165) is 23.5 Å². The number of hydrogen-bond acceptors (Lipinski definition) is 8. The van der Waals surface area contributed by atoms with Gasteiger partial charge in [-0.05, 0) is 30.8 Å². The number of hydrogen-bond donors (Lipinski definition) is 0. The predicted molar refractivity (Wildman–Crippen MR) is 97.2 cm³/mol. The number of carbonyl (C=O) groups excluding carboxylic acids is 2. The molecule has 0 radical (unpaired) electrons. The Morgan fingerprint density at radius 3 is 2.75 bits per heavy atom. The molecule has 1 heterocycles. The van der Waals surface area contributed by atoms with Gasteiger partial charge < -0.3 is 14.2 Å². The van der Waals surface area contributed by atoms with Crippen LogP contribution in [0.15, 0.2) is 22.8 Å². The first-order valence-corrected chi connectivity index (χ1v) is 8.78. The van der Waals surface area contributed by atoms with Crippen LogP contribution < -0.4 is 9.47 Å². The summed E-state index contributed by atoms with van der Waals surface area (Å²) in [5, 5.41) is -0.342. The molecule has 0 spiro atoms. The Kier molecular flexibility index (Phi) is 6.59. The highest BCUT2D eigenvalue weighted by atomic mass is 35.5. The van der Waals surface area contributed by atoms with Crippen LogP contribution >= 0.6 is 35.1 Å². The zero-order valence-electron chi connectivity index (χ0n) is 13.1. The highest BCUT2D eigenvalue weighted by Gasteiger charge is 2.26. The Morgan fingerprint density at radius 1 is 1.38 bits per heavy atom. The van der Waals surface area contributed by atoms with E-state index in [-0.39, 0.29) is 17.4 Å². The lowest BCUT2D eigenvalue weighted by atomic mass is 10.1. The summed E-state index contributed by atoms with van der Waals surface area (Å²) < 4.78 is 15.7. The average Bonchev–Trinajstić information content (AvgIpc) is 2.86. The molecule has 0 bridgehead atoms. The van der Waals surface area contributed by atoms with Crippen molar-refractivity contribution in [1.82, 2.24) is 0 Å². The molecule has 0 saturated carbocycles. The topological polar surface area (TPSA) is 74.2 Å². The number of ether oxygens (including phenoxy) is 3. The number of aliphatic imine (C=N–C) groups is 1. The van der Waals surface area contributed by atoms with Gasteiger partial charge in [-0.25, -0.2) is 9.79 Å². The molecule has 0 aromatic heterocycles. The molecule has 0 fully saturated rings. The van der Waals surface area contributed by atoms with Gasteiger partial charge in [0.25, 0.3) is 0 Å². The molecule has 1 aromatic carbocycles. The minimum absolute atomic E-state index is 0.189. The smallest absolute Gasteiger partial charge is 0.374 e. The molecule has 24 heavy (non-hydrogen) atoms. The summed E-state index contributed by atoms with van der Waals surface area (Å²) in [6, 6.07) is 3.25. The third-order valence-corrected chi connectivity index (χ3v) is 4.73. The Hall–Kier alpha value is -1.64. The maximum Gasteiger partial charge on any atom is 0.374 e. The van der Waals surface area contributed by atoms with E-state index in [4.69, 9.17) is 25.8 Å². The minimum Gasteiger partial charge on any atom is -0.493 e.